The quantitative estimate of drug-likeness (QED) is 0.596. The zero-order chi connectivity index (χ0) is 7.84. The standard InChI is InChI=1S/C7H8N2O2.ClH/c8-4-1-6-7(2-5(4)9)11-3-10-6;/h1-2H,3,8-9H2;1H. The van der Waals surface area contributed by atoms with E-state index in [2.05, 4.69) is 0 Å². The Morgan fingerprint density at radius 3 is 1.83 bits per heavy atom. The van der Waals surface area contributed by atoms with Gasteiger partial charge < -0.3 is 20.9 Å². The van der Waals surface area contributed by atoms with E-state index in [4.69, 9.17) is 20.9 Å². The molecule has 1 heterocycles. The van der Waals surface area contributed by atoms with Crippen LogP contribution in [-0.4, -0.2) is 6.79 Å². The number of nitrogens with two attached hydrogens (primary N) is 2. The second-order valence-corrected chi connectivity index (χ2v) is 2.33. The average Bonchev–Trinajstić information content (AvgIpc) is 2.36. The Balaban J connectivity index is 0.000000720. The van der Waals surface area contributed by atoms with E-state index in [1.54, 1.807) is 12.1 Å². The maximum absolute atomic E-state index is 5.53. The van der Waals surface area contributed by atoms with Gasteiger partial charge in [-0.1, -0.05) is 0 Å². The highest BCUT2D eigenvalue weighted by Crippen LogP contribution is 2.36. The van der Waals surface area contributed by atoms with Crippen molar-refractivity contribution in [3.63, 3.8) is 0 Å². The first-order valence-corrected chi connectivity index (χ1v) is 3.22. The summed E-state index contributed by atoms with van der Waals surface area (Å²) in [4.78, 5) is 0. The minimum atomic E-state index is 0. The molecule has 0 unspecified atom stereocenters. The smallest absolute Gasteiger partial charge is 0.231 e. The molecular formula is C7H9ClN2O2. The van der Waals surface area contributed by atoms with Crippen molar-refractivity contribution in [2.75, 3.05) is 18.3 Å². The molecule has 4 N–H and O–H groups in total. The third-order valence-corrected chi connectivity index (χ3v) is 1.58. The fourth-order valence-corrected chi connectivity index (χ4v) is 0.973. The van der Waals surface area contributed by atoms with Crippen LogP contribution < -0.4 is 20.9 Å². The first-order chi connectivity index (χ1) is 5.27. The van der Waals surface area contributed by atoms with E-state index in [1.807, 2.05) is 0 Å². The monoisotopic (exact) mass is 188 g/mol. The normalized spacial score (nSPS) is 12.3. The molecule has 2 rings (SSSR count). The van der Waals surface area contributed by atoms with Gasteiger partial charge in [0.2, 0.25) is 6.79 Å². The molecule has 1 aromatic carbocycles. The summed E-state index contributed by atoms with van der Waals surface area (Å²) in [5.41, 5.74) is 12.1. The third kappa shape index (κ3) is 1.21. The van der Waals surface area contributed by atoms with Crippen LogP contribution in [0.25, 0.3) is 0 Å². The lowest BCUT2D eigenvalue weighted by atomic mass is 10.2. The summed E-state index contributed by atoms with van der Waals surface area (Å²) in [6, 6.07) is 3.33. The molecule has 0 aliphatic carbocycles. The van der Waals surface area contributed by atoms with E-state index in [-0.39, 0.29) is 19.2 Å². The van der Waals surface area contributed by atoms with Crippen LogP contribution in [-0.2, 0) is 0 Å². The molecule has 5 heteroatoms. The Bertz CT molecular complexity index is 275. The van der Waals surface area contributed by atoms with Crippen LogP contribution in [0.15, 0.2) is 12.1 Å². The van der Waals surface area contributed by atoms with Gasteiger partial charge in [-0.05, 0) is 0 Å². The van der Waals surface area contributed by atoms with Crippen molar-refractivity contribution in [2.24, 2.45) is 0 Å². The molecule has 0 spiro atoms. The molecule has 0 aromatic heterocycles. The van der Waals surface area contributed by atoms with E-state index in [0.717, 1.165) is 0 Å². The number of hydrogen-bond acceptors (Lipinski definition) is 4. The van der Waals surface area contributed by atoms with Crippen LogP contribution >= 0.6 is 12.4 Å². The zero-order valence-electron chi connectivity index (χ0n) is 6.24. The Morgan fingerprint density at radius 2 is 1.42 bits per heavy atom. The minimum absolute atomic E-state index is 0. The van der Waals surface area contributed by atoms with Crippen molar-refractivity contribution in [1.82, 2.24) is 0 Å². The number of ether oxygens (including phenoxy) is 2. The molecule has 0 amide bonds. The molecule has 0 bridgehead atoms. The molecular weight excluding hydrogens is 180 g/mol. The summed E-state index contributed by atoms with van der Waals surface area (Å²) in [6.07, 6.45) is 0. The number of anilines is 2. The van der Waals surface area contributed by atoms with Gasteiger partial charge in [-0.25, -0.2) is 0 Å². The molecule has 66 valence electrons. The Labute approximate surface area is 75.9 Å². The summed E-state index contributed by atoms with van der Waals surface area (Å²) in [6.45, 7) is 0.248. The summed E-state index contributed by atoms with van der Waals surface area (Å²) in [7, 11) is 0. The lowest BCUT2D eigenvalue weighted by Gasteiger charge is -2.00. The topological polar surface area (TPSA) is 70.5 Å². The Kier molecular flexibility index (Phi) is 2.19. The first kappa shape index (κ1) is 8.80. The zero-order valence-corrected chi connectivity index (χ0v) is 7.06. The number of fused-ring (bicyclic) bond motifs is 1. The number of halogens is 1. The van der Waals surface area contributed by atoms with E-state index < -0.39 is 0 Å². The molecule has 1 aliphatic rings. The van der Waals surface area contributed by atoms with Crippen LogP contribution in [0.4, 0.5) is 11.4 Å². The van der Waals surface area contributed by atoms with Gasteiger partial charge in [-0.3, -0.25) is 0 Å². The van der Waals surface area contributed by atoms with Gasteiger partial charge >= 0.3 is 0 Å². The molecule has 1 aliphatic heterocycles. The molecule has 0 fully saturated rings. The van der Waals surface area contributed by atoms with Gasteiger partial charge in [0.25, 0.3) is 0 Å². The highest BCUT2D eigenvalue weighted by atomic mass is 35.5. The van der Waals surface area contributed by atoms with Gasteiger partial charge in [0, 0.05) is 12.1 Å². The van der Waals surface area contributed by atoms with Gasteiger partial charge in [0.15, 0.2) is 11.5 Å². The molecule has 0 radical (unpaired) electrons. The van der Waals surface area contributed by atoms with E-state index in [1.165, 1.54) is 0 Å². The lowest BCUT2D eigenvalue weighted by Crippen LogP contribution is -1.93. The summed E-state index contributed by atoms with van der Waals surface area (Å²) >= 11 is 0. The highest BCUT2D eigenvalue weighted by Gasteiger charge is 2.14. The summed E-state index contributed by atoms with van der Waals surface area (Å²) in [5, 5.41) is 0. The number of nitrogen functional groups attached to an aromatic ring is 2. The second kappa shape index (κ2) is 2.98. The SMILES string of the molecule is Cl.Nc1cc2c(cc1N)OCO2. The molecule has 0 atom stereocenters. The largest absolute Gasteiger partial charge is 0.454 e. The fraction of sp³-hybridized carbons (Fsp3) is 0.143. The summed E-state index contributed by atoms with van der Waals surface area (Å²) in [5.74, 6) is 1.33. The highest BCUT2D eigenvalue weighted by molar-refractivity contribution is 5.85. The average molecular weight is 189 g/mol. The van der Waals surface area contributed by atoms with Gasteiger partial charge in [-0.15, -0.1) is 12.4 Å². The fourth-order valence-electron chi connectivity index (χ4n) is 0.973. The summed E-state index contributed by atoms with van der Waals surface area (Å²) < 4.78 is 10.2. The number of rotatable bonds is 0. The maximum Gasteiger partial charge on any atom is 0.231 e. The van der Waals surface area contributed by atoms with Crippen LogP contribution in [0.1, 0.15) is 0 Å². The minimum Gasteiger partial charge on any atom is -0.454 e. The lowest BCUT2D eigenvalue weighted by molar-refractivity contribution is 0.174. The van der Waals surface area contributed by atoms with Crippen LogP contribution in [0.3, 0.4) is 0 Å². The predicted molar refractivity (Wildman–Crippen MR) is 48.6 cm³/mol. The molecule has 1 aromatic rings. The third-order valence-electron chi connectivity index (χ3n) is 1.58. The van der Waals surface area contributed by atoms with Crippen molar-refractivity contribution in [3.05, 3.63) is 12.1 Å². The predicted octanol–water partition coefficient (Wildman–Crippen LogP) is 1.00. The molecule has 0 saturated heterocycles. The van der Waals surface area contributed by atoms with Crippen LogP contribution in [0.5, 0.6) is 11.5 Å². The van der Waals surface area contributed by atoms with Crippen LogP contribution in [0.2, 0.25) is 0 Å². The number of hydrogen-bond donors (Lipinski definition) is 2. The molecule has 12 heavy (non-hydrogen) atoms. The van der Waals surface area contributed by atoms with E-state index in [0.29, 0.717) is 22.9 Å². The van der Waals surface area contributed by atoms with Gasteiger partial charge in [-0.2, -0.15) is 0 Å². The maximum atomic E-state index is 5.53. The second-order valence-electron chi connectivity index (χ2n) is 2.33. The molecule has 4 nitrogen and oxygen atoms in total. The van der Waals surface area contributed by atoms with E-state index >= 15 is 0 Å². The van der Waals surface area contributed by atoms with Crippen molar-refractivity contribution >= 4 is 23.8 Å². The van der Waals surface area contributed by atoms with E-state index in [9.17, 15) is 0 Å². The van der Waals surface area contributed by atoms with Crippen molar-refractivity contribution < 1.29 is 9.47 Å². The first-order valence-electron chi connectivity index (χ1n) is 3.22. The van der Waals surface area contributed by atoms with Gasteiger partial charge in [0.1, 0.15) is 0 Å². The Hall–Kier alpha value is -1.29. The van der Waals surface area contributed by atoms with Crippen molar-refractivity contribution in [3.8, 4) is 11.5 Å². The van der Waals surface area contributed by atoms with Crippen LogP contribution in [0, 0.1) is 0 Å². The number of benzene rings is 1. The van der Waals surface area contributed by atoms with Gasteiger partial charge in [0.05, 0.1) is 11.4 Å². The molecule has 0 saturated carbocycles. The Morgan fingerprint density at radius 1 is 1.00 bits per heavy atom. The van der Waals surface area contributed by atoms with Crippen molar-refractivity contribution in [2.45, 2.75) is 0 Å². The van der Waals surface area contributed by atoms with Crippen molar-refractivity contribution in [1.29, 1.82) is 0 Å².